The summed E-state index contributed by atoms with van der Waals surface area (Å²) in [6.07, 6.45) is 5.58. The van der Waals surface area contributed by atoms with Crippen molar-refractivity contribution in [2.45, 2.75) is 52.1 Å². The topological polar surface area (TPSA) is 138 Å². The molecule has 1 rings (SSSR count). The predicted molar refractivity (Wildman–Crippen MR) is 176 cm³/mol. The SMILES string of the molecule is CCCCCCCC(=O)OCCOCCOCCOCCOCCOCCOCCOCCOCCNC(=O)OCc1ccccc1. The third-order valence-electron chi connectivity index (χ3n) is 6.31. The maximum Gasteiger partial charge on any atom is 0.407 e. The Bertz CT molecular complexity index is 818. The van der Waals surface area contributed by atoms with Gasteiger partial charge in [0, 0.05) is 13.0 Å². The molecule has 0 unspecified atom stereocenters. The van der Waals surface area contributed by atoms with Gasteiger partial charge in [-0.15, -0.1) is 0 Å². The minimum atomic E-state index is -0.471. The van der Waals surface area contributed by atoms with E-state index in [0.29, 0.717) is 119 Å². The number of amides is 1. The molecule has 0 aliphatic rings. The van der Waals surface area contributed by atoms with Crippen LogP contribution in [0, 0.1) is 0 Å². The molecule has 0 radical (unpaired) electrons. The molecule has 0 saturated carbocycles. The van der Waals surface area contributed by atoms with Crippen LogP contribution in [-0.2, 0) is 58.8 Å². The number of hydrogen-bond donors (Lipinski definition) is 1. The molecule has 0 bridgehead atoms. The normalized spacial score (nSPS) is 11.1. The Morgan fingerprint density at radius 2 is 0.936 bits per heavy atom. The molecule has 1 aromatic rings. The zero-order valence-electron chi connectivity index (χ0n) is 28.5. The van der Waals surface area contributed by atoms with Gasteiger partial charge in [-0.2, -0.15) is 0 Å². The maximum atomic E-state index is 11.6. The van der Waals surface area contributed by atoms with Crippen LogP contribution in [0.3, 0.4) is 0 Å². The van der Waals surface area contributed by atoms with Crippen molar-refractivity contribution in [1.82, 2.24) is 5.32 Å². The zero-order chi connectivity index (χ0) is 33.7. The average Bonchev–Trinajstić information content (AvgIpc) is 3.09. The predicted octanol–water partition coefficient (Wildman–Crippen LogP) is 3.95. The van der Waals surface area contributed by atoms with E-state index in [9.17, 15) is 9.59 Å². The van der Waals surface area contributed by atoms with Crippen LogP contribution in [0.5, 0.6) is 0 Å². The second-order valence-corrected chi connectivity index (χ2v) is 10.3. The lowest BCUT2D eigenvalue weighted by Crippen LogP contribution is -2.28. The quantitative estimate of drug-likeness (QED) is 0.0825. The van der Waals surface area contributed by atoms with E-state index in [1.165, 1.54) is 19.3 Å². The second-order valence-electron chi connectivity index (χ2n) is 10.3. The van der Waals surface area contributed by atoms with Gasteiger partial charge in [0.25, 0.3) is 0 Å². The fourth-order valence-corrected chi connectivity index (χ4v) is 3.80. The van der Waals surface area contributed by atoms with E-state index in [1.54, 1.807) is 0 Å². The summed E-state index contributed by atoms with van der Waals surface area (Å²) in [5, 5.41) is 2.64. The van der Waals surface area contributed by atoms with E-state index in [-0.39, 0.29) is 19.2 Å². The van der Waals surface area contributed by atoms with Gasteiger partial charge >= 0.3 is 12.1 Å². The van der Waals surface area contributed by atoms with Gasteiger partial charge in [-0.25, -0.2) is 4.79 Å². The first-order chi connectivity index (χ1) is 23.2. The first kappa shape index (κ1) is 42.7. The highest BCUT2D eigenvalue weighted by atomic mass is 16.6. The first-order valence-corrected chi connectivity index (χ1v) is 16.9. The van der Waals surface area contributed by atoms with Crippen LogP contribution in [0.2, 0.25) is 0 Å². The highest BCUT2D eigenvalue weighted by Gasteiger charge is 2.03. The lowest BCUT2D eigenvalue weighted by Gasteiger charge is -2.09. The summed E-state index contributed by atoms with van der Waals surface area (Å²) >= 11 is 0. The summed E-state index contributed by atoms with van der Waals surface area (Å²) in [5.41, 5.74) is 0.936. The minimum Gasteiger partial charge on any atom is -0.463 e. The third kappa shape index (κ3) is 32.0. The zero-order valence-corrected chi connectivity index (χ0v) is 28.5. The summed E-state index contributed by atoms with van der Waals surface area (Å²) in [4.78, 5) is 23.2. The molecule has 272 valence electrons. The van der Waals surface area contributed by atoms with E-state index in [4.69, 9.17) is 47.4 Å². The number of carbonyl (C=O) groups excluding carboxylic acids is 2. The molecular weight excluding hydrogens is 614 g/mol. The molecule has 0 atom stereocenters. The van der Waals surface area contributed by atoms with Crippen LogP contribution >= 0.6 is 0 Å². The Hall–Kier alpha value is -2.36. The van der Waals surface area contributed by atoms with Crippen LogP contribution in [0.25, 0.3) is 0 Å². The van der Waals surface area contributed by atoms with Gasteiger partial charge in [0.2, 0.25) is 0 Å². The lowest BCUT2D eigenvalue weighted by molar-refractivity contribution is -0.145. The highest BCUT2D eigenvalue weighted by Crippen LogP contribution is 2.05. The summed E-state index contributed by atoms with van der Waals surface area (Å²) < 4.78 is 53.9. The van der Waals surface area contributed by atoms with E-state index in [2.05, 4.69) is 12.2 Å². The number of nitrogens with one attached hydrogen (secondary N) is 1. The highest BCUT2D eigenvalue weighted by molar-refractivity contribution is 5.69. The molecule has 47 heavy (non-hydrogen) atoms. The number of ether oxygens (including phenoxy) is 10. The molecule has 0 aliphatic heterocycles. The number of carbonyl (C=O) groups is 2. The fraction of sp³-hybridized carbons (Fsp3) is 0.765. The van der Waals surface area contributed by atoms with Crippen molar-refractivity contribution in [3.8, 4) is 0 Å². The molecule has 1 amide bonds. The molecular formula is C34H59NO12. The van der Waals surface area contributed by atoms with Crippen LogP contribution in [0.15, 0.2) is 30.3 Å². The summed E-state index contributed by atoms with van der Waals surface area (Å²) in [7, 11) is 0. The lowest BCUT2D eigenvalue weighted by atomic mass is 10.1. The van der Waals surface area contributed by atoms with Crippen LogP contribution in [0.1, 0.15) is 51.0 Å². The number of esters is 1. The molecule has 13 nitrogen and oxygen atoms in total. The van der Waals surface area contributed by atoms with Gasteiger partial charge in [0.1, 0.15) is 13.2 Å². The number of benzene rings is 1. The molecule has 0 aliphatic carbocycles. The number of rotatable bonds is 35. The first-order valence-electron chi connectivity index (χ1n) is 16.9. The summed E-state index contributed by atoms with van der Waals surface area (Å²) in [5.74, 6) is -0.151. The molecule has 0 aromatic heterocycles. The third-order valence-corrected chi connectivity index (χ3v) is 6.31. The molecule has 0 fully saturated rings. The van der Waals surface area contributed by atoms with Gasteiger partial charge in [-0.1, -0.05) is 62.9 Å². The number of hydrogen-bond acceptors (Lipinski definition) is 12. The van der Waals surface area contributed by atoms with Gasteiger partial charge in [-0.3, -0.25) is 4.79 Å². The van der Waals surface area contributed by atoms with E-state index in [0.717, 1.165) is 18.4 Å². The van der Waals surface area contributed by atoms with Crippen molar-refractivity contribution in [1.29, 1.82) is 0 Å². The monoisotopic (exact) mass is 673 g/mol. The van der Waals surface area contributed by atoms with Crippen molar-refractivity contribution in [3.63, 3.8) is 0 Å². The van der Waals surface area contributed by atoms with Crippen LogP contribution in [-0.4, -0.2) is 131 Å². The second kappa shape index (κ2) is 35.0. The standard InChI is InChI=1S/C34H59NO12/c1-2-3-4-5-9-12-33(36)46-30-29-45-28-27-44-26-25-43-24-23-42-22-21-41-20-19-40-18-17-39-16-15-38-14-13-35-34(37)47-31-32-10-7-6-8-11-32/h6-8,10-11H,2-5,9,12-31H2,1H3,(H,35,37). The van der Waals surface area contributed by atoms with Gasteiger partial charge in [-0.05, 0) is 12.0 Å². The Kier molecular flexibility index (Phi) is 31.7. The molecule has 1 aromatic carbocycles. The molecule has 0 saturated heterocycles. The average molecular weight is 674 g/mol. The van der Waals surface area contributed by atoms with Crippen molar-refractivity contribution >= 4 is 12.1 Å². The van der Waals surface area contributed by atoms with E-state index in [1.807, 2.05) is 30.3 Å². The van der Waals surface area contributed by atoms with E-state index >= 15 is 0 Å². The molecule has 0 heterocycles. The van der Waals surface area contributed by atoms with Crippen molar-refractivity contribution in [2.24, 2.45) is 0 Å². The Balaban J connectivity index is 1.66. The Labute approximate surface area is 281 Å². The number of alkyl carbamates (subject to hydrolysis) is 1. The van der Waals surface area contributed by atoms with Gasteiger partial charge in [0.15, 0.2) is 0 Å². The Morgan fingerprint density at radius 3 is 1.40 bits per heavy atom. The van der Waals surface area contributed by atoms with Gasteiger partial charge in [0.05, 0.1) is 106 Å². The van der Waals surface area contributed by atoms with Crippen LogP contribution < -0.4 is 5.32 Å². The minimum absolute atomic E-state index is 0.151. The van der Waals surface area contributed by atoms with Crippen LogP contribution in [0.4, 0.5) is 4.79 Å². The van der Waals surface area contributed by atoms with Gasteiger partial charge < -0.3 is 52.7 Å². The smallest absolute Gasteiger partial charge is 0.407 e. The molecule has 1 N–H and O–H groups in total. The largest absolute Gasteiger partial charge is 0.463 e. The Morgan fingerprint density at radius 1 is 0.511 bits per heavy atom. The summed E-state index contributed by atoms with van der Waals surface area (Å²) in [6, 6.07) is 9.50. The maximum absolute atomic E-state index is 11.6. The molecule has 0 spiro atoms. The van der Waals surface area contributed by atoms with Crippen molar-refractivity contribution < 1.29 is 57.0 Å². The van der Waals surface area contributed by atoms with E-state index < -0.39 is 6.09 Å². The van der Waals surface area contributed by atoms with Crippen molar-refractivity contribution in [2.75, 3.05) is 119 Å². The van der Waals surface area contributed by atoms with Crippen molar-refractivity contribution in [3.05, 3.63) is 35.9 Å². The fourth-order valence-electron chi connectivity index (χ4n) is 3.80. The number of unbranched alkanes of at least 4 members (excludes halogenated alkanes) is 4. The summed E-state index contributed by atoms with van der Waals surface area (Å²) in [6.45, 7) is 10.4. The molecule has 13 heteroatoms.